The van der Waals surface area contributed by atoms with Crippen LogP contribution in [0.1, 0.15) is 31.4 Å². The van der Waals surface area contributed by atoms with E-state index >= 15 is 0 Å². The van der Waals surface area contributed by atoms with Crippen LogP contribution in [0.15, 0.2) is 24.3 Å². The minimum atomic E-state index is -3.18. The zero-order valence-corrected chi connectivity index (χ0v) is 13.2. The molecule has 1 aliphatic heterocycles. The summed E-state index contributed by atoms with van der Waals surface area (Å²) in [6, 6.07) is 7.39. The minimum Gasteiger partial charge on any atom is -0.371 e. The van der Waals surface area contributed by atoms with Crippen LogP contribution in [-0.2, 0) is 14.8 Å². The highest BCUT2D eigenvalue weighted by molar-refractivity contribution is 7.89. The number of benzene rings is 1. The third-order valence-corrected chi connectivity index (χ3v) is 5.56. The summed E-state index contributed by atoms with van der Waals surface area (Å²) < 4.78 is 31.7. The Kier molecular flexibility index (Phi) is 5.43. The van der Waals surface area contributed by atoms with Gasteiger partial charge in [-0.25, -0.2) is 8.42 Å². The van der Waals surface area contributed by atoms with E-state index in [4.69, 9.17) is 16.3 Å². The first-order chi connectivity index (χ1) is 9.53. The smallest absolute Gasteiger partial charge is 0.214 e. The molecule has 1 unspecified atom stereocenters. The van der Waals surface area contributed by atoms with E-state index in [1.165, 1.54) is 4.31 Å². The number of morpholine rings is 1. The number of sulfonamides is 1. The quantitative estimate of drug-likeness (QED) is 0.839. The molecule has 1 aromatic rings. The lowest BCUT2D eigenvalue weighted by Gasteiger charge is -2.32. The van der Waals surface area contributed by atoms with Crippen molar-refractivity contribution in [3.8, 4) is 0 Å². The zero-order valence-electron chi connectivity index (χ0n) is 11.6. The first-order valence-electron chi connectivity index (χ1n) is 6.88. The highest BCUT2D eigenvalue weighted by Crippen LogP contribution is 2.26. The SMILES string of the molecule is CCCCS(=O)(=O)N1CCOC(c2cccc(Cl)c2)C1. The van der Waals surface area contributed by atoms with Crippen LogP contribution in [0.3, 0.4) is 0 Å². The number of rotatable bonds is 5. The second kappa shape index (κ2) is 6.89. The van der Waals surface area contributed by atoms with Crippen LogP contribution in [0.4, 0.5) is 0 Å². The summed E-state index contributed by atoms with van der Waals surface area (Å²) in [5.74, 6) is 0.214. The first-order valence-corrected chi connectivity index (χ1v) is 8.86. The zero-order chi connectivity index (χ0) is 14.6. The normalized spacial score (nSPS) is 21.0. The predicted octanol–water partition coefficient (Wildman–Crippen LogP) is 2.84. The summed E-state index contributed by atoms with van der Waals surface area (Å²) in [4.78, 5) is 0. The van der Waals surface area contributed by atoms with Crippen LogP contribution in [0.5, 0.6) is 0 Å². The van der Waals surface area contributed by atoms with Gasteiger partial charge in [-0.1, -0.05) is 37.1 Å². The van der Waals surface area contributed by atoms with Crippen LogP contribution in [0, 0.1) is 0 Å². The number of halogens is 1. The molecule has 0 amide bonds. The third kappa shape index (κ3) is 3.95. The van der Waals surface area contributed by atoms with Gasteiger partial charge in [0.1, 0.15) is 0 Å². The van der Waals surface area contributed by atoms with Crippen molar-refractivity contribution in [1.82, 2.24) is 4.31 Å². The molecule has 0 spiro atoms. The molecule has 4 nitrogen and oxygen atoms in total. The summed E-state index contributed by atoms with van der Waals surface area (Å²) in [7, 11) is -3.18. The molecule has 112 valence electrons. The Hall–Kier alpha value is -0.620. The maximum atomic E-state index is 12.2. The topological polar surface area (TPSA) is 46.6 Å². The Morgan fingerprint density at radius 1 is 1.45 bits per heavy atom. The monoisotopic (exact) mass is 317 g/mol. The molecule has 1 heterocycles. The van der Waals surface area contributed by atoms with Crippen LogP contribution >= 0.6 is 11.6 Å². The first kappa shape index (κ1) is 15.8. The summed E-state index contributed by atoms with van der Waals surface area (Å²) in [5.41, 5.74) is 0.924. The lowest BCUT2D eigenvalue weighted by atomic mass is 10.1. The van der Waals surface area contributed by atoms with E-state index in [1.807, 2.05) is 25.1 Å². The van der Waals surface area contributed by atoms with Gasteiger partial charge >= 0.3 is 0 Å². The Morgan fingerprint density at radius 2 is 2.25 bits per heavy atom. The largest absolute Gasteiger partial charge is 0.371 e. The molecule has 0 bridgehead atoms. The molecule has 20 heavy (non-hydrogen) atoms. The number of hydrogen-bond donors (Lipinski definition) is 0. The van der Waals surface area contributed by atoms with E-state index in [2.05, 4.69) is 0 Å². The number of ether oxygens (including phenoxy) is 1. The van der Waals surface area contributed by atoms with Gasteiger partial charge in [-0.3, -0.25) is 0 Å². The molecule has 0 aromatic heterocycles. The fraction of sp³-hybridized carbons (Fsp3) is 0.571. The van der Waals surface area contributed by atoms with E-state index < -0.39 is 10.0 Å². The van der Waals surface area contributed by atoms with Crippen LogP contribution in [0.25, 0.3) is 0 Å². The van der Waals surface area contributed by atoms with Gasteiger partial charge in [0.15, 0.2) is 0 Å². The van der Waals surface area contributed by atoms with Gasteiger partial charge in [-0.05, 0) is 24.1 Å². The summed E-state index contributed by atoms with van der Waals surface area (Å²) in [5, 5.41) is 0.636. The Labute approximate surface area is 125 Å². The predicted molar refractivity (Wildman–Crippen MR) is 80.4 cm³/mol. The lowest BCUT2D eigenvalue weighted by Crippen LogP contribution is -2.43. The lowest BCUT2D eigenvalue weighted by molar-refractivity contribution is -0.00254. The molecule has 0 saturated carbocycles. The fourth-order valence-corrected chi connectivity index (χ4v) is 4.07. The van der Waals surface area contributed by atoms with Gasteiger partial charge in [0.25, 0.3) is 0 Å². The molecule has 0 radical (unpaired) electrons. The van der Waals surface area contributed by atoms with Crippen molar-refractivity contribution in [2.24, 2.45) is 0 Å². The van der Waals surface area contributed by atoms with Crippen LogP contribution < -0.4 is 0 Å². The number of unbranched alkanes of at least 4 members (excludes halogenated alkanes) is 1. The third-order valence-electron chi connectivity index (χ3n) is 3.40. The van der Waals surface area contributed by atoms with E-state index in [-0.39, 0.29) is 11.9 Å². The van der Waals surface area contributed by atoms with E-state index in [0.29, 0.717) is 31.1 Å². The van der Waals surface area contributed by atoms with Gasteiger partial charge < -0.3 is 4.74 Å². The summed E-state index contributed by atoms with van der Waals surface area (Å²) in [6.45, 7) is 3.21. The standard InChI is InChI=1S/C14H20ClNO3S/c1-2-3-9-20(17,18)16-7-8-19-14(11-16)12-5-4-6-13(15)10-12/h4-6,10,14H,2-3,7-9,11H2,1H3. The van der Waals surface area contributed by atoms with E-state index in [1.54, 1.807) is 6.07 Å². The molecule has 0 N–H and O–H groups in total. The fourth-order valence-electron chi connectivity index (χ4n) is 2.24. The maximum Gasteiger partial charge on any atom is 0.214 e. The van der Waals surface area contributed by atoms with Crippen molar-refractivity contribution >= 4 is 21.6 Å². The Bertz CT molecular complexity index is 547. The molecule has 2 rings (SSSR count). The van der Waals surface area contributed by atoms with E-state index in [0.717, 1.165) is 12.0 Å². The molecular formula is C14H20ClNO3S. The summed E-state index contributed by atoms with van der Waals surface area (Å²) >= 11 is 5.97. The van der Waals surface area contributed by atoms with Crippen molar-refractivity contribution in [2.75, 3.05) is 25.4 Å². The summed E-state index contributed by atoms with van der Waals surface area (Å²) in [6.07, 6.45) is 1.34. The molecule has 1 atom stereocenters. The van der Waals surface area contributed by atoms with Crippen molar-refractivity contribution < 1.29 is 13.2 Å². The van der Waals surface area contributed by atoms with Gasteiger partial charge in [0.2, 0.25) is 10.0 Å². The van der Waals surface area contributed by atoms with Crippen LogP contribution in [-0.4, -0.2) is 38.2 Å². The average molecular weight is 318 g/mol. The molecule has 0 aliphatic carbocycles. The van der Waals surface area contributed by atoms with Crippen LogP contribution in [0.2, 0.25) is 5.02 Å². The molecule has 6 heteroatoms. The molecule has 1 aliphatic rings. The second-order valence-electron chi connectivity index (χ2n) is 4.94. The second-order valence-corrected chi connectivity index (χ2v) is 7.47. The Morgan fingerprint density at radius 3 is 2.95 bits per heavy atom. The Balaban J connectivity index is 2.09. The molecule has 1 saturated heterocycles. The van der Waals surface area contributed by atoms with Gasteiger partial charge in [-0.2, -0.15) is 4.31 Å². The average Bonchev–Trinajstić information content (AvgIpc) is 2.45. The van der Waals surface area contributed by atoms with Crippen molar-refractivity contribution in [2.45, 2.75) is 25.9 Å². The highest BCUT2D eigenvalue weighted by Gasteiger charge is 2.29. The molecule has 1 fully saturated rings. The number of hydrogen-bond acceptors (Lipinski definition) is 3. The minimum absolute atomic E-state index is 0.214. The van der Waals surface area contributed by atoms with Crippen molar-refractivity contribution in [3.05, 3.63) is 34.9 Å². The maximum absolute atomic E-state index is 12.2. The van der Waals surface area contributed by atoms with Gasteiger partial charge in [0, 0.05) is 18.1 Å². The van der Waals surface area contributed by atoms with Crippen molar-refractivity contribution in [1.29, 1.82) is 0 Å². The van der Waals surface area contributed by atoms with Gasteiger partial charge in [-0.15, -0.1) is 0 Å². The molecular weight excluding hydrogens is 298 g/mol. The van der Waals surface area contributed by atoms with Crippen molar-refractivity contribution in [3.63, 3.8) is 0 Å². The molecule has 1 aromatic carbocycles. The van der Waals surface area contributed by atoms with Gasteiger partial charge in [0.05, 0.1) is 18.5 Å². The number of nitrogens with zero attached hydrogens (tertiary/aromatic N) is 1. The highest BCUT2D eigenvalue weighted by atomic mass is 35.5. The van der Waals surface area contributed by atoms with E-state index in [9.17, 15) is 8.42 Å².